The maximum Gasteiger partial charge on any atom is 0.495 e. The first-order chi connectivity index (χ1) is 8.60. The minimum absolute atomic E-state index is 0.148. The molecule has 1 heterocycles. The van der Waals surface area contributed by atoms with Crippen molar-refractivity contribution in [3.05, 3.63) is 35.6 Å². The van der Waals surface area contributed by atoms with Crippen LogP contribution in [0, 0.1) is 0 Å². The molecule has 3 nitrogen and oxygen atoms in total. The molecule has 1 fully saturated rings. The molecule has 0 atom stereocenters. The molecule has 0 saturated carbocycles. The van der Waals surface area contributed by atoms with E-state index in [0.29, 0.717) is 11.0 Å². The summed E-state index contributed by atoms with van der Waals surface area (Å²) in [5, 5.41) is 0. The van der Waals surface area contributed by atoms with Crippen LogP contribution in [0.1, 0.15) is 34.6 Å². The number of rotatable bonds is 4. The summed E-state index contributed by atoms with van der Waals surface area (Å²) in [6.45, 7) is 13.6. The fourth-order valence-electron chi connectivity index (χ4n) is 1.68. The van der Waals surface area contributed by atoms with Crippen LogP contribution < -0.4 is 5.73 Å². The van der Waals surface area contributed by atoms with Gasteiger partial charge in [-0.15, -0.1) is 0 Å². The number of halogens is 1. The molecule has 2 N–H and O–H groups in total. The average molecular weight is 267 g/mol. The fraction of sp³-hybridized carbons (Fsp3) is 0.571. The highest BCUT2D eigenvalue weighted by atomic mass is 19.1. The lowest BCUT2D eigenvalue weighted by Crippen LogP contribution is -2.41. The van der Waals surface area contributed by atoms with Crippen molar-refractivity contribution in [3.8, 4) is 0 Å². The molecule has 19 heavy (non-hydrogen) atoms. The van der Waals surface area contributed by atoms with Crippen molar-refractivity contribution in [3.63, 3.8) is 0 Å². The lowest BCUT2D eigenvalue weighted by Gasteiger charge is -2.32. The molecule has 1 aliphatic heterocycles. The van der Waals surface area contributed by atoms with Crippen molar-refractivity contribution < 1.29 is 13.7 Å². The van der Waals surface area contributed by atoms with Crippen molar-refractivity contribution in [2.75, 3.05) is 6.54 Å². The predicted octanol–water partition coefficient (Wildman–Crippen LogP) is 2.93. The molecule has 0 bridgehead atoms. The first kappa shape index (κ1) is 16.2. The molecule has 0 spiro atoms. The molecule has 0 aromatic carbocycles. The van der Waals surface area contributed by atoms with Crippen LogP contribution in [0.5, 0.6) is 0 Å². The van der Waals surface area contributed by atoms with Gasteiger partial charge in [-0.05, 0) is 52.2 Å². The van der Waals surface area contributed by atoms with Gasteiger partial charge in [-0.25, -0.2) is 4.39 Å². The highest BCUT2D eigenvalue weighted by molar-refractivity contribution is 6.56. The summed E-state index contributed by atoms with van der Waals surface area (Å²) in [6, 6.07) is 0. The maximum absolute atomic E-state index is 13.6. The minimum atomic E-state index is -0.612. The standard InChI is InChI=1S/C14H23BFNO2/c1-10(2)12(9-11(16)7-8-17)15-18-13(3,4)14(5,6)19-15/h7,9H,1,8,17H2,2-6H3/b11-7+,12-9+. The van der Waals surface area contributed by atoms with Gasteiger partial charge in [0, 0.05) is 6.54 Å². The second-order valence-electron chi connectivity index (χ2n) is 5.79. The van der Waals surface area contributed by atoms with E-state index in [-0.39, 0.29) is 6.54 Å². The quantitative estimate of drug-likeness (QED) is 0.629. The van der Waals surface area contributed by atoms with Gasteiger partial charge < -0.3 is 15.0 Å². The summed E-state index contributed by atoms with van der Waals surface area (Å²) < 4.78 is 25.4. The Bertz CT molecular complexity index is 411. The number of hydrogen-bond acceptors (Lipinski definition) is 3. The minimum Gasteiger partial charge on any atom is -0.399 e. The molecule has 5 heteroatoms. The Morgan fingerprint density at radius 1 is 1.26 bits per heavy atom. The van der Waals surface area contributed by atoms with E-state index in [0.717, 1.165) is 0 Å². The van der Waals surface area contributed by atoms with Crippen LogP contribution in [0.3, 0.4) is 0 Å². The Hall–Kier alpha value is -0.905. The van der Waals surface area contributed by atoms with Crippen LogP contribution in [0.25, 0.3) is 0 Å². The summed E-state index contributed by atoms with van der Waals surface area (Å²) in [4.78, 5) is 0. The van der Waals surface area contributed by atoms with E-state index in [1.54, 1.807) is 6.92 Å². The molecular formula is C14H23BFNO2. The Labute approximate surface area is 115 Å². The third-order valence-electron chi connectivity index (χ3n) is 3.61. The predicted molar refractivity (Wildman–Crippen MR) is 77.2 cm³/mol. The van der Waals surface area contributed by atoms with E-state index in [1.807, 2.05) is 27.7 Å². The van der Waals surface area contributed by atoms with Gasteiger partial charge >= 0.3 is 7.12 Å². The third kappa shape index (κ3) is 3.56. The maximum atomic E-state index is 13.6. The summed E-state index contributed by atoms with van der Waals surface area (Å²) in [5.74, 6) is -0.407. The van der Waals surface area contributed by atoms with E-state index >= 15 is 0 Å². The zero-order valence-electron chi connectivity index (χ0n) is 12.4. The second kappa shape index (κ2) is 5.61. The molecule has 1 aliphatic rings. The van der Waals surface area contributed by atoms with Crippen molar-refractivity contribution in [1.82, 2.24) is 0 Å². The molecule has 1 saturated heterocycles. The molecule has 0 radical (unpaired) electrons. The van der Waals surface area contributed by atoms with Gasteiger partial charge in [0.25, 0.3) is 0 Å². The summed E-state index contributed by atoms with van der Waals surface area (Å²) in [7, 11) is -0.612. The van der Waals surface area contributed by atoms with E-state index in [4.69, 9.17) is 15.0 Å². The smallest absolute Gasteiger partial charge is 0.399 e. The third-order valence-corrected chi connectivity index (χ3v) is 3.61. The van der Waals surface area contributed by atoms with E-state index in [1.165, 1.54) is 12.2 Å². The topological polar surface area (TPSA) is 44.5 Å². The highest BCUT2D eigenvalue weighted by Gasteiger charge is 2.52. The lowest BCUT2D eigenvalue weighted by molar-refractivity contribution is 0.00578. The van der Waals surface area contributed by atoms with Gasteiger partial charge in [-0.1, -0.05) is 12.2 Å². The van der Waals surface area contributed by atoms with Gasteiger partial charge in [0.15, 0.2) is 0 Å². The van der Waals surface area contributed by atoms with E-state index < -0.39 is 24.1 Å². The highest BCUT2D eigenvalue weighted by Crippen LogP contribution is 2.39. The van der Waals surface area contributed by atoms with Gasteiger partial charge in [0.05, 0.1) is 11.2 Å². The first-order valence-corrected chi connectivity index (χ1v) is 6.39. The zero-order chi connectivity index (χ0) is 14.8. The Morgan fingerprint density at radius 3 is 2.11 bits per heavy atom. The van der Waals surface area contributed by atoms with Crippen LogP contribution in [0.4, 0.5) is 4.39 Å². The van der Waals surface area contributed by atoms with Crippen molar-refractivity contribution in [2.24, 2.45) is 5.73 Å². The Morgan fingerprint density at radius 2 is 1.74 bits per heavy atom. The Kier molecular flexibility index (Phi) is 4.77. The van der Waals surface area contributed by atoms with Crippen LogP contribution in [-0.2, 0) is 9.31 Å². The fourth-order valence-corrected chi connectivity index (χ4v) is 1.68. The largest absolute Gasteiger partial charge is 0.495 e. The molecule has 1 rings (SSSR count). The summed E-state index contributed by atoms with van der Waals surface area (Å²) in [6.07, 6.45) is 2.67. The van der Waals surface area contributed by atoms with Crippen molar-refractivity contribution in [1.29, 1.82) is 0 Å². The molecule has 0 amide bonds. The van der Waals surface area contributed by atoms with Gasteiger partial charge in [-0.3, -0.25) is 0 Å². The van der Waals surface area contributed by atoms with Crippen molar-refractivity contribution >= 4 is 7.12 Å². The van der Waals surface area contributed by atoms with E-state index in [2.05, 4.69) is 6.58 Å². The van der Waals surface area contributed by atoms with Crippen LogP contribution in [-0.4, -0.2) is 24.9 Å². The molecule has 0 aromatic rings. The van der Waals surface area contributed by atoms with Gasteiger partial charge in [-0.2, -0.15) is 0 Å². The van der Waals surface area contributed by atoms with Crippen LogP contribution >= 0.6 is 0 Å². The van der Waals surface area contributed by atoms with Crippen LogP contribution in [0.15, 0.2) is 35.6 Å². The number of nitrogens with two attached hydrogens (primary N) is 1. The number of hydrogen-bond donors (Lipinski definition) is 1. The SMILES string of the molecule is C=C(C)/C(=C\C(F)=C/CN)B1OC(C)(C)C(C)(C)O1. The van der Waals surface area contributed by atoms with Gasteiger partial charge in [0.1, 0.15) is 5.83 Å². The first-order valence-electron chi connectivity index (χ1n) is 6.39. The normalized spacial score (nSPS) is 22.8. The molecule has 0 aromatic heterocycles. The monoisotopic (exact) mass is 267 g/mol. The average Bonchev–Trinajstić information content (AvgIpc) is 2.44. The molecule has 106 valence electrons. The molecule has 0 aliphatic carbocycles. The zero-order valence-corrected chi connectivity index (χ0v) is 12.4. The summed E-state index contributed by atoms with van der Waals surface area (Å²) in [5.41, 5.74) is 5.68. The molecular weight excluding hydrogens is 244 g/mol. The second-order valence-corrected chi connectivity index (χ2v) is 5.79. The number of allylic oxidation sites excluding steroid dienone is 4. The Balaban J connectivity index is 3.05. The van der Waals surface area contributed by atoms with E-state index in [9.17, 15) is 4.39 Å². The summed E-state index contributed by atoms with van der Waals surface area (Å²) >= 11 is 0. The van der Waals surface area contributed by atoms with Crippen LogP contribution in [0.2, 0.25) is 0 Å². The van der Waals surface area contributed by atoms with Crippen molar-refractivity contribution in [2.45, 2.75) is 45.8 Å². The molecule has 0 unspecified atom stereocenters. The lowest BCUT2D eigenvalue weighted by atomic mass is 9.74. The van der Waals surface area contributed by atoms with Gasteiger partial charge in [0.2, 0.25) is 0 Å².